The second kappa shape index (κ2) is 28.1. The predicted octanol–water partition coefficient (Wildman–Crippen LogP) is -3.11. The summed E-state index contributed by atoms with van der Waals surface area (Å²) in [5.41, 5.74) is 23.6. The van der Waals surface area contributed by atoms with Crippen LogP contribution in [0, 0.1) is 17.8 Å². The molecule has 7 rings (SSSR count). The van der Waals surface area contributed by atoms with Crippen molar-refractivity contribution in [3.63, 3.8) is 0 Å². The number of hydrogen-bond acceptors (Lipinski definition) is 13. The summed E-state index contributed by atoms with van der Waals surface area (Å²) in [5, 5.41) is 35.0. The summed E-state index contributed by atoms with van der Waals surface area (Å²) < 4.78 is 1.56. The summed E-state index contributed by atoms with van der Waals surface area (Å²) in [5.74, 6) is -9.99. The lowest BCUT2D eigenvalue weighted by Crippen LogP contribution is -2.61. The third-order valence-corrected chi connectivity index (χ3v) is 14.4. The Kier molecular flexibility index (Phi) is 21.4. The summed E-state index contributed by atoms with van der Waals surface area (Å²) in [4.78, 5) is 156. The third kappa shape index (κ3) is 16.6. The monoisotopic (exact) mass is 1140 g/mol. The number of aromatic amines is 1. The van der Waals surface area contributed by atoms with Crippen LogP contribution in [0.4, 0.5) is 0 Å². The summed E-state index contributed by atoms with van der Waals surface area (Å²) >= 11 is 0. The second-order valence-electron chi connectivity index (χ2n) is 22.0. The van der Waals surface area contributed by atoms with Crippen LogP contribution in [0.1, 0.15) is 109 Å². The number of nitrogens with one attached hydrogen (secondary N) is 10. The molecule has 0 unspecified atom stereocenters. The highest BCUT2D eigenvalue weighted by Crippen LogP contribution is 2.35. The van der Waals surface area contributed by atoms with Gasteiger partial charge in [-0.1, -0.05) is 53.7 Å². The van der Waals surface area contributed by atoms with E-state index in [-0.39, 0.29) is 106 Å². The molecule has 82 heavy (non-hydrogen) atoms. The molecule has 0 aliphatic carbocycles. The first-order valence-electron chi connectivity index (χ1n) is 27.5. The van der Waals surface area contributed by atoms with Gasteiger partial charge in [0.05, 0.1) is 12.2 Å². The fraction of sp³-hybridized carbons (Fsp3) is 0.566. The van der Waals surface area contributed by atoms with Gasteiger partial charge in [0, 0.05) is 60.9 Å². The van der Waals surface area contributed by atoms with Crippen molar-refractivity contribution in [3.8, 4) is 5.82 Å². The fourth-order valence-corrected chi connectivity index (χ4v) is 10.3. The summed E-state index contributed by atoms with van der Waals surface area (Å²) in [6.45, 7) is 10.2. The van der Waals surface area contributed by atoms with Crippen LogP contribution in [0.25, 0.3) is 16.7 Å². The Hall–Kier alpha value is -8.79. The molecule has 1 fully saturated rings. The fourth-order valence-electron chi connectivity index (χ4n) is 10.3. The quantitative estimate of drug-likeness (QED) is 0.0275. The van der Waals surface area contributed by atoms with Crippen LogP contribution in [0.15, 0.2) is 40.7 Å². The van der Waals surface area contributed by atoms with Crippen LogP contribution >= 0.6 is 0 Å². The number of hydrogen-bond donors (Lipinski definition) is 15. The van der Waals surface area contributed by atoms with Gasteiger partial charge in [0.1, 0.15) is 60.5 Å². The maximum absolute atomic E-state index is 15.0. The number of nitrogens with two attached hydrogens (primary N) is 4. The molecule has 9 atom stereocenters. The molecule has 1 saturated heterocycles. The van der Waals surface area contributed by atoms with E-state index in [4.69, 9.17) is 22.9 Å². The number of imidazole rings is 1. The zero-order chi connectivity index (χ0) is 60.1. The zero-order valence-corrected chi connectivity index (χ0v) is 46.9. The number of H-pyrrole nitrogens is 1. The van der Waals surface area contributed by atoms with Crippen LogP contribution in [-0.4, -0.2) is 159 Å². The van der Waals surface area contributed by atoms with Crippen molar-refractivity contribution in [2.75, 3.05) is 19.6 Å². The van der Waals surface area contributed by atoms with Crippen LogP contribution in [0.3, 0.4) is 0 Å². The van der Waals surface area contributed by atoms with E-state index in [9.17, 15) is 48.3 Å². The number of aromatic nitrogens is 3. The molecule has 6 heterocycles. The number of guanidine groups is 2. The third-order valence-electron chi connectivity index (χ3n) is 14.4. The summed E-state index contributed by atoms with van der Waals surface area (Å²) in [7, 11) is 0. The molecule has 0 radical (unpaired) electrons. The topological polar surface area (TPSA) is 462 Å². The summed E-state index contributed by atoms with van der Waals surface area (Å²) in [6.07, 6.45) is 2.94. The van der Waals surface area contributed by atoms with E-state index in [1.807, 2.05) is 27.7 Å². The van der Waals surface area contributed by atoms with Gasteiger partial charge in [-0.2, -0.15) is 0 Å². The lowest BCUT2D eigenvalue weighted by Gasteiger charge is -2.33. The maximum Gasteiger partial charge on any atom is 0.326 e. The highest BCUT2D eigenvalue weighted by molar-refractivity contribution is 6.00. The minimum atomic E-state index is -1.49. The average molecular weight is 1140 g/mol. The van der Waals surface area contributed by atoms with Crippen molar-refractivity contribution in [1.82, 2.24) is 62.4 Å². The first-order chi connectivity index (χ1) is 38.8. The molecule has 29 heteroatoms. The maximum atomic E-state index is 15.0. The van der Waals surface area contributed by atoms with Gasteiger partial charge in [-0.15, -0.1) is 0 Å². The second-order valence-corrected chi connectivity index (χ2v) is 22.0. The highest BCUT2D eigenvalue weighted by Gasteiger charge is 2.40. The van der Waals surface area contributed by atoms with Crippen molar-refractivity contribution in [1.29, 1.82) is 0 Å². The van der Waals surface area contributed by atoms with E-state index in [2.05, 4.69) is 67.8 Å². The van der Waals surface area contributed by atoms with E-state index < -0.39 is 120 Å². The largest absolute Gasteiger partial charge is 0.480 e. The lowest BCUT2D eigenvalue weighted by atomic mass is 9.81. The number of amides is 9. The molecule has 4 aliphatic rings. The first kappa shape index (κ1) is 62.4. The van der Waals surface area contributed by atoms with E-state index >= 15 is 4.79 Å². The van der Waals surface area contributed by atoms with Crippen molar-refractivity contribution < 1.29 is 53.1 Å². The Labute approximate surface area is 473 Å². The van der Waals surface area contributed by atoms with E-state index in [1.54, 1.807) is 42.8 Å². The smallest absolute Gasteiger partial charge is 0.326 e. The number of carboxylic acids is 1. The average Bonchev–Trinajstić information content (AvgIpc) is 3.12. The standard InChI is InChI=1S/C53H78N18O11/c1-24(2)17-35-48(78)69-41(26(5)6)49(79)68-37-20-30-29-12-11-27(40(25(3)4)42(50(80)67-35)70-45(75)32-13-14-38(72)62-32)18-34(29)64-43(30)71-22-28(61-23-71)19-36(46(76)66-33(51(81)82)10-8-16-59-53(56)57)63-39(73)21-60-44(74)31(65-47(37)77)9-7-15-58-52(54)55/h11-12,18,22-26,31-33,35-37,40-42,64H,7-10,13-17,19-21H2,1-6H3,(H,60,74)(H,62,72)(H,63,73)(H,65,77)(H,66,76)(H,67,80)(H,68,79)(H,69,78)(H,70,75)(H,81,82)(H4,54,55,58)(H4,56,57,59)/t31-,32+,33-,35-,36+,37+,40+,41-,42-/m1/s1. The molecule has 7 bridgehead atoms. The first-order valence-corrected chi connectivity index (χ1v) is 27.5. The van der Waals surface area contributed by atoms with Gasteiger partial charge >= 0.3 is 5.97 Å². The molecule has 2 aromatic heterocycles. The van der Waals surface area contributed by atoms with Gasteiger partial charge in [-0.3, -0.25) is 57.7 Å². The molecule has 1 aromatic carbocycles. The molecular weight excluding hydrogens is 1060 g/mol. The minimum absolute atomic E-state index is 0.0377. The van der Waals surface area contributed by atoms with Crippen molar-refractivity contribution in [2.45, 2.75) is 154 Å². The van der Waals surface area contributed by atoms with Gasteiger partial charge in [0.15, 0.2) is 11.9 Å². The van der Waals surface area contributed by atoms with Crippen molar-refractivity contribution in [2.24, 2.45) is 50.7 Å². The zero-order valence-electron chi connectivity index (χ0n) is 46.9. The van der Waals surface area contributed by atoms with Crippen LogP contribution in [0.2, 0.25) is 0 Å². The Morgan fingerprint density at radius 3 is 2.07 bits per heavy atom. The number of carboxylic acid groups (broad SMARTS) is 1. The van der Waals surface area contributed by atoms with Gasteiger partial charge in [0.2, 0.25) is 53.2 Å². The van der Waals surface area contributed by atoms with Crippen LogP contribution in [0.5, 0.6) is 0 Å². The number of carbonyl (C=O) groups excluding carboxylic acids is 9. The predicted molar refractivity (Wildman–Crippen MR) is 300 cm³/mol. The van der Waals surface area contributed by atoms with Gasteiger partial charge in [-0.05, 0) is 67.9 Å². The molecule has 9 amide bonds. The number of benzene rings is 1. The molecule has 0 spiro atoms. The van der Waals surface area contributed by atoms with Crippen molar-refractivity contribution in [3.05, 3.63) is 47.5 Å². The normalized spacial score (nSPS) is 23.4. The van der Waals surface area contributed by atoms with Gasteiger partial charge in [-0.25, -0.2) is 9.78 Å². The van der Waals surface area contributed by atoms with Crippen LogP contribution < -0.4 is 70.8 Å². The number of aliphatic carboxylic acids is 1. The molecule has 446 valence electrons. The van der Waals surface area contributed by atoms with E-state index in [0.29, 0.717) is 27.8 Å². The molecule has 0 saturated carbocycles. The Morgan fingerprint density at radius 2 is 1.44 bits per heavy atom. The number of rotatable bonds is 17. The molecule has 19 N–H and O–H groups in total. The summed E-state index contributed by atoms with van der Waals surface area (Å²) in [6, 6.07) is -5.24. The SMILES string of the molecule is CC(C)C[C@H]1NC(=O)[C@H](NC(=O)[C@@H]2CCC(=O)N2)[C@@H](C(C)C)c2ccc3c4c([nH]c3c2)-n2cnc(c2)C[C@@H](C(=O)N[C@H](CCCN=C(N)N)C(=O)O)NC(=O)CNC(=O)[C@@H](CCCN=C(N)N)NC(=O)[C@H](C4)NC(=O)[C@@H](C(C)C)NC1=O. The molecule has 29 nitrogen and oxygen atoms in total. The Balaban J connectivity index is 1.55. The number of nitrogens with zero attached hydrogens (tertiary/aromatic N) is 4. The molecule has 3 aromatic rings. The van der Waals surface area contributed by atoms with Crippen LogP contribution in [-0.2, 0) is 60.8 Å². The Bertz CT molecular complexity index is 2940. The lowest BCUT2D eigenvalue weighted by molar-refractivity contribution is -0.142. The molecular formula is C53H78N18O11. The van der Waals surface area contributed by atoms with E-state index in [0.717, 1.165) is 0 Å². The van der Waals surface area contributed by atoms with Gasteiger partial charge < -0.3 is 80.9 Å². The van der Waals surface area contributed by atoms with Gasteiger partial charge in [0.25, 0.3) is 0 Å². The Morgan fingerprint density at radius 1 is 0.756 bits per heavy atom. The van der Waals surface area contributed by atoms with Crippen molar-refractivity contribution >= 4 is 82.0 Å². The van der Waals surface area contributed by atoms with E-state index in [1.165, 1.54) is 6.33 Å². The number of carbonyl (C=O) groups is 10. The number of aliphatic imine (C=N–C) groups is 2. The number of fused-ring (bicyclic) bond motifs is 13. The molecule has 4 aliphatic heterocycles. The minimum Gasteiger partial charge on any atom is -0.480 e. The highest BCUT2D eigenvalue weighted by atomic mass is 16.4.